The fourth-order valence-electron chi connectivity index (χ4n) is 1.64. The van der Waals surface area contributed by atoms with Gasteiger partial charge in [-0.2, -0.15) is 0 Å². The first-order valence-corrected chi connectivity index (χ1v) is 4.96. The highest BCUT2D eigenvalue weighted by Gasteiger charge is 2.04. The van der Waals surface area contributed by atoms with Gasteiger partial charge in [-0.15, -0.1) is 0 Å². The lowest BCUT2D eigenvalue weighted by Crippen LogP contribution is -2.09. The van der Waals surface area contributed by atoms with Gasteiger partial charge in [0.25, 0.3) is 0 Å². The van der Waals surface area contributed by atoms with E-state index in [0.717, 1.165) is 0 Å². The number of hydrogen-bond acceptors (Lipinski definition) is 2. The summed E-state index contributed by atoms with van der Waals surface area (Å²) in [5.41, 5.74) is 3.67. The van der Waals surface area contributed by atoms with Gasteiger partial charge in [-0.1, -0.05) is 18.2 Å². The molecule has 2 heteroatoms. The molecule has 0 aliphatic carbocycles. The van der Waals surface area contributed by atoms with E-state index in [-0.39, 0.29) is 0 Å². The fraction of sp³-hybridized carbons (Fsp3) is 0.154. The molecule has 2 rings (SSSR count). The van der Waals surface area contributed by atoms with E-state index in [1.54, 1.807) is 0 Å². The number of rotatable bonds is 2. The van der Waals surface area contributed by atoms with Crippen LogP contribution in [0.3, 0.4) is 0 Å². The van der Waals surface area contributed by atoms with Gasteiger partial charge in [-0.3, -0.25) is 4.98 Å². The Morgan fingerprint density at radius 3 is 2.27 bits per heavy atom. The molecule has 0 saturated carbocycles. The molecule has 76 valence electrons. The van der Waals surface area contributed by atoms with Crippen LogP contribution in [0.5, 0.6) is 0 Å². The number of nitrogens with zero attached hydrogens (tertiary/aromatic N) is 2. The molecule has 0 fully saturated rings. The minimum Gasteiger partial charge on any atom is -0.377 e. The van der Waals surface area contributed by atoms with Crippen molar-refractivity contribution in [2.24, 2.45) is 0 Å². The van der Waals surface area contributed by atoms with Crippen molar-refractivity contribution in [3.63, 3.8) is 0 Å². The zero-order chi connectivity index (χ0) is 10.7. The minimum atomic E-state index is 1.20. The van der Waals surface area contributed by atoms with Crippen molar-refractivity contribution >= 4 is 5.69 Å². The van der Waals surface area contributed by atoms with Crippen LogP contribution < -0.4 is 4.90 Å². The average Bonchev–Trinajstić information content (AvgIpc) is 2.30. The topological polar surface area (TPSA) is 16.1 Å². The standard InChI is InChI=1S/C13H14N2/c1-15(2)13-6-4-3-5-12(13)11-7-9-14-10-8-11/h3-10H,1-2H3. The van der Waals surface area contributed by atoms with Gasteiger partial charge in [0.2, 0.25) is 0 Å². The maximum atomic E-state index is 4.03. The second kappa shape index (κ2) is 4.13. The lowest BCUT2D eigenvalue weighted by atomic mass is 10.0. The molecule has 0 bridgehead atoms. The quantitative estimate of drug-likeness (QED) is 0.737. The third-order valence-electron chi connectivity index (χ3n) is 2.38. The van der Waals surface area contributed by atoms with Gasteiger partial charge < -0.3 is 4.90 Å². The molecule has 1 aromatic heterocycles. The minimum absolute atomic E-state index is 1.20. The summed E-state index contributed by atoms with van der Waals surface area (Å²) in [6.07, 6.45) is 3.64. The van der Waals surface area contributed by atoms with Gasteiger partial charge in [0.05, 0.1) is 0 Å². The number of para-hydroxylation sites is 1. The van der Waals surface area contributed by atoms with E-state index in [1.165, 1.54) is 16.8 Å². The van der Waals surface area contributed by atoms with Crippen molar-refractivity contribution in [3.05, 3.63) is 48.8 Å². The summed E-state index contributed by atoms with van der Waals surface area (Å²) >= 11 is 0. The average molecular weight is 198 g/mol. The molecule has 0 N–H and O–H groups in total. The molecule has 0 spiro atoms. The first-order chi connectivity index (χ1) is 7.29. The number of hydrogen-bond donors (Lipinski definition) is 0. The maximum absolute atomic E-state index is 4.03. The van der Waals surface area contributed by atoms with Crippen LogP contribution in [-0.2, 0) is 0 Å². The van der Waals surface area contributed by atoms with E-state index in [0.29, 0.717) is 0 Å². The second-order valence-electron chi connectivity index (χ2n) is 3.65. The molecule has 15 heavy (non-hydrogen) atoms. The molecular formula is C13H14N2. The Balaban J connectivity index is 2.53. The Morgan fingerprint density at radius 1 is 0.933 bits per heavy atom. The summed E-state index contributed by atoms with van der Waals surface area (Å²) in [6, 6.07) is 12.4. The van der Waals surface area contributed by atoms with Crippen molar-refractivity contribution in [2.75, 3.05) is 19.0 Å². The van der Waals surface area contributed by atoms with Crippen molar-refractivity contribution in [2.45, 2.75) is 0 Å². The van der Waals surface area contributed by atoms with E-state index >= 15 is 0 Å². The summed E-state index contributed by atoms with van der Waals surface area (Å²) < 4.78 is 0. The predicted molar refractivity (Wildman–Crippen MR) is 64.0 cm³/mol. The molecule has 0 radical (unpaired) electrons. The molecule has 1 heterocycles. The first kappa shape index (κ1) is 9.71. The van der Waals surface area contributed by atoms with Crippen molar-refractivity contribution in [3.8, 4) is 11.1 Å². The molecule has 1 aromatic carbocycles. The van der Waals surface area contributed by atoms with E-state index in [9.17, 15) is 0 Å². The third kappa shape index (κ3) is 1.99. The molecule has 0 amide bonds. The highest BCUT2D eigenvalue weighted by molar-refractivity contribution is 5.77. The summed E-state index contributed by atoms with van der Waals surface area (Å²) in [5.74, 6) is 0. The Morgan fingerprint density at radius 2 is 1.60 bits per heavy atom. The highest BCUT2D eigenvalue weighted by atomic mass is 15.1. The largest absolute Gasteiger partial charge is 0.377 e. The zero-order valence-electron chi connectivity index (χ0n) is 9.01. The Kier molecular flexibility index (Phi) is 2.68. The Bertz CT molecular complexity index is 435. The number of aromatic nitrogens is 1. The molecule has 2 aromatic rings. The van der Waals surface area contributed by atoms with Crippen LogP contribution in [0.25, 0.3) is 11.1 Å². The number of anilines is 1. The smallest absolute Gasteiger partial charge is 0.0440 e. The summed E-state index contributed by atoms with van der Waals surface area (Å²) in [4.78, 5) is 6.15. The summed E-state index contributed by atoms with van der Waals surface area (Å²) in [7, 11) is 4.11. The predicted octanol–water partition coefficient (Wildman–Crippen LogP) is 2.81. The SMILES string of the molecule is CN(C)c1ccccc1-c1ccncc1. The monoisotopic (exact) mass is 198 g/mol. The number of pyridine rings is 1. The van der Waals surface area contributed by atoms with E-state index in [2.05, 4.69) is 48.2 Å². The fourth-order valence-corrected chi connectivity index (χ4v) is 1.64. The molecular weight excluding hydrogens is 184 g/mol. The lowest BCUT2D eigenvalue weighted by Gasteiger charge is -2.17. The van der Waals surface area contributed by atoms with Crippen LogP contribution in [0, 0.1) is 0 Å². The van der Waals surface area contributed by atoms with Gasteiger partial charge in [-0.25, -0.2) is 0 Å². The van der Waals surface area contributed by atoms with Crippen LogP contribution in [0.4, 0.5) is 5.69 Å². The third-order valence-corrected chi connectivity index (χ3v) is 2.38. The molecule has 0 aliphatic rings. The van der Waals surface area contributed by atoms with Gasteiger partial charge in [-0.05, 0) is 23.8 Å². The Hall–Kier alpha value is -1.83. The summed E-state index contributed by atoms with van der Waals surface area (Å²) in [5, 5.41) is 0. The normalized spacial score (nSPS) is 10.0. The van der Waals surface area contributed by atoms with Gasteiger partial charge in [0.15, 0.2) is 0 Å². The lowest BCUT2D eigenvalue weighted by molar-refractivity contribution is 1.13. The summed E-state index contributed by atoms with van der Waals surface area (Å²) in [6.45, 7) is 0. The Labute approximate surface area is 90.2 Å². The molecule has 0 saturated heterocycles. The van der Waals surface area contributed by atoms with Gasteiger partial charge in [0, 0.05) is 37.7 Å². The van der Waals surface area contributed by atoms with Gasteiger partial charge in [0.1, 0.15) is 0 Å². The number of benzene rings is 1. The van der Waals surface area contributed by atoms with E-state index in [1.807, 2.05) is 24.5 Å². The molecule has 0 atom stereocenters. The van der Waals surface area contributed by atoms with Crippen LogP contribution in [0.2, 0.25) is 0 Å². The van der Waals surface area contributed by atoms with Crippen LogP contribution >= 0.6 is 0 Å². The first-order valence-electron chi connectivity index (χ1n) is 4.96. The van der Waals surface area contributed by atoms with Crippen LogP contribution in [0.1, 0.15) is 0 Å². The van der Waals surface area contributed by atoms with E-state index < -0.39 is 0 Å². The van der Waals surface area contributed by atoms with Crippen LogP contribution in [0.15, 0.2) is 48.8 Å². The van der Waals surface area contributed by atoms with Crippen molar-refractivity contribution in [1.29, 1.82) is 0 Å². The van der Waals surface area contributed by atoms with Gasteiger partial charge >= 0.3 is 0 Å². The second-order valence-corrected chi connectivity index (χ2v) is 3.65. The zero-order valence-corrected chi connectivity index (χ0v) is 9.01. The molecule has 2 nitrogen and oxygen atoms in total. The molecule has 0 aliphatic heterocycles. The van der Waals surface area contributed by atoms with Crippen molar-refractivity contribution in [1.82, 2.24) is 4.98 Å². The highest BCUT2D eigenvalue weighted by Crippen LogP contribution is 2.28. The van der Waals surface area contributed by atoms with Crippen molar-refractivity contribution < 1.29 is 0 Å². The van der Waals surface area contributed by atoms with E-state index in [4.69, 9.17) is 0 Å². The maximum Gasteiger partial charge on any atom is 0.0440 e. The van der Waals surface area contributed by atoms with Crippen LogP contribution in [-0.4, -0.2) is 19.1 Å². The molecule has 0 unspecified atom stereocenters.